The molecule has 2 aromatic rings. The van der Waals surface area contributed by atoms with Crippen molar-refractivity contribution >= 4 is 28.8 Å². The van der Waals surface area contributed by atoms with Gasteiger partial charge in [-0.2, -0.15) is 0 Å². The number of fused-ring (bicyclic) bond motifs is 1. The molecule has 2 aromatic carbocycles. The van der Waals surface area contributed by atoms with Gasteiger partial charge in [0.1, 0.15) is 22.8 Å². The molecule has 1 amide bonds. The molecule has 2 N–H and O–H groups in total. The van der Waals surface area contributed by atoms with E-state index in [0.717, 1.165) is 25.7 Å². The summed E-state index contributed by atoms with van der Waals surface area (Å²) in [5.74, 6) is -0.456. The molecule has 0 radical (unpaired) electrons. The van der Waals surface area contributed by atoms with Gasteiger partial charge in [-0.05, 0) is 37.6 Å². The molecule has 0 saturated heterocycles. The van der Waals surface area contributed by atoms with Crippen LogP contribution in [-0.2, 0) is 4.79 Å². The number of aliphatic hydroxyl groups excluding tert-OH is 1. The number of amides is 1. The van der Waals surface area contributed by atoms with Crippen molar-refractivity contribution in [2.24, 2.45) is 4.99 Å². The fourth-order valence-corrected chi connectivity index (χ4v) is 3.47. The number of hydrogen-bond donors (Lipinski definition) is 2. The third-order valence-electron chi connectivity index (χ3n) is 5.05. The number of aliphatic hydroxyl groups is 1. The number of ketones is 1. The molecule has 1 aliphatic carbocycles. The minimum atomic E-state index is -0.572. The SMILES string of the molecule is CCCCCCN=C1C(=O)c2ccccc2C(O)=C1C(=O)Nc1ccc(OCC)cc1. The number of anilines is 1. The Hall–Kier alpha value is -3.41. The van der Waals surface area contributed by atoms with E-state index in [1.54, 1.807) is 48.5 Å². The molecule has 1 aliphatic rings. The summed E-state index contributed by atoms with van der Waals surface area (Å²) in [6.07, 6.45) is 4.01. The number of hydrogen-bond acceptors (Lipinski definition) is 5. The Morgan fingerprint density at radius 1 is 1.00 bits per heavy atom. The second kappa shape index (κ2) is 10.6. The molecular weight excluding hydrogens is 392 g/mol. The molecule has 6 nitrogen and oxygen atoms in total. The van der Waals surface area contributed by atoms with E-state index in [0.29, 0.717) is 35.7 Å². The van der Waals surface area contributed by atoms with Crippen LogP contribution in [0, 0.1) is 0 Å². The van der Waals surface area contributed by atoms with E-state index in [2.05, 4.69) is 17.2 Å². The van der Waals surface area contributed by atoms with Gasteiger partial charge in [-0.15, -0.1) is 0 Å². The third-order valence-corrected chi connectivity index (χ3v) is 5.05. The van der Waals surface area contributed by atoms with Crippen LogP contribution < -0.4 is 10.1 Å². The average molecular weight is 421 g/mol. The molecule has 0 aromatic heterocycles. The van der Waals surface area contributed by atoms with Crippen molar-refractivity contribution in [3.8, 4) is 5.75 Å². The van der Waals surface area contributed by atoms with Crippen molar-refractivity contribution < 1.29 is 19.4 Å². The Morgan fingerprint density at radius 2 is 1.71 bits per heavy atom. The van der Waals surface area contributed by atoms with Gasteiger partial charge in [0.15, 0.2) is 0 Å². The van der Waals surface area contributed by atoms with Crippen molar-refractivity contribution in [3.05, 3.63) is 65.2 Å². The van der Waals surface area contributed by atoms with Crippen molar-refractivity contribution in [2.75, 3.05) is 18.5 Å². The molecule has 0 bridgehead atoms. The van der Waals surface area contributed by atoms with Crippen LogP contribution in [0.25, 0.3) is 5.76 Å². The van der Waals surface area contributed by atoms with Crippen LogP contribution in [0.15, 0.2) is 59.1 Å². The molecular formula is C25H28N2O4. The number of Topliss-reactive ketones (excluding diaryl/α,β-unsaturated/α-hetero) is 1. The Morgan fingerprint density at radius 3 is 2.39 bits per heavy atom. The number of aliphatic imine (C=N–C) groups is 1. The zero-order valence-corrected chi connectivity index (χ0v) is 18.0. The maximum atomic E-state index is 13.1. The Kier molecular flexibility index (Phi) is 7.60. The molecule has 0 spiro atoms. The molecule has 0 unspecified atom stereocenters. The molecule has 0 heterocycles. The van der Waals surface area contributed by atoms with Gasteiger partial charge in [-0.25, -0.2) is 0 Å². The van der Waals surface area contributed by atoms with E-state index in [4.69, 9.17) is 4.74 Å². The number of benzene rings is 2. The number of carbonyl (C=O) groups is 2. The number of rotatable bonds is 9. The number of nitrogens with one attached hydrogen (secondary N) is 1. The monoisotopic (exact) mass is 420 g/mol. The van der Waals surface area contributed by atoms with Crippen LogP contribution in [0.2, 0.25) is 0 Å². The highest BCUT2D eigenvalue weighted by atomic mass is 16.5. The number of nitrogens with zero attached hydrogens (tertiary/aromatic N) is 1. The Labute approximate surface area is 182 Å². The van der Waals surface area contributed by atoms with Gasteiger partial charge in [0.05, 0.1) is 6.61 Å². The summed E-state index contributed by atoms with van der Waals surface area (Å²) >= 11 is 0. The number of carbonyl (C=O) groups excluding carboxylic acids is 2. The lowest BCUT2D eigenvalue weighted by Crippen LogP contribution is -2.32. The first kappa shape index (κ1) is 22.3. The summed E-state index contributed by atoms with van der Waals surface area (Å²) in [6, 6.07) is 13.6. The smallest absolute Gasteiger partial charge is 0.261 e. The lowest BCUT2D eigenvalue weighted by molar-refractivity contribution is -0.112. The van der Waals surface area contributed by atoms with Gasteiger partial charge in [0, 0.05) is 23.4 Å². The van der Waals surface area contributed by atoms with Crippen LogP contribution in [0.1, 0.15) is 55.5 Å². The maximum absolute atomic E-state index is 13.1. The zero-order chi connectivity index (χ0) is 22.2. The zero-order valence-electron chi connectivity index (χ0n) is 18.0. The highest BCUT2D eigenvalue weighted by molar-refractivity contribution is 6.59. The third kappa shape index (κ3) is 5.20. The molecule has 0 aliphatic heterocycles. The summed E-state index contributed by atoms with van der Waals surface area (Å²) < 4.78 is 5.42. The molecule has 0 saturated carbocycles. The number of ether oxygens (including phenoxy) is 1. The summed E-state index contributed by atoms with van der Waals surface area (Å²) in [5.41, 5.74) is 1.14. The molecule has 3 rings (SSSR count). The summed E-state index contributed by atoms with van der Waals surface area (Å²) in [4.78, 5) is 30.6. The largest absolute Gasteiger partial charge is 0.506 e. The van der Waals surface area contributed by atoms with Crippen LogP contribution in [-0.4, -0.2) is 35.7 Å². The summed E-state index contributed by atoms with van der Waals surface area (Å²) in [6.45, 7) is 4.99. The van der Waals surface area contributed by atoms with E-state index in [-0.39, 0.29) is 22.8 Å². The van der Waals surface area contributed by atoms with Gasteiger partial charge in [-0.3, -0.25) is 14.6 Å². The van der Waals surface area contributed by atoms with Gasteiger partial charge in [0.2, 0.25) is 5.78 Å². The van der Waals surface area contributed by atoms with Gasteiger partial charge < -0.3 is 15.2 Å². The minimum Gasteiger partial charge on any atom is -0.506 e. The van der Waals surface area contributed by atoms with Gasteiger partial charge >= 0.3 is 0 Å². The van der Waals surface area contributed by atoms with Crippen molar-refractivity contribution in [3.63, 3.8) is 0 Å². The first-order valence-corrected chi connectivity index (χ1v) is 10.7. The molecule has 6 heteroatoms. The lowest BCUT2D eigenvalue weighted by Gasteiger charge is -2.20. The van der Waals surface area contributed by atoms with E-state index in [1.807, 2.05) is 6.92 Å². The quantitative estimate of drug-likeness (QED) is 0.545. The summed E-state index contributed by atoms with van der Waals surface area (Å²) in [7, 11) is 0. The highest BCUT2D eigenvalue weighted by Gasteiger charge is 2.34. The van der Waals surface area contributed by atoms with Crippen LogP contribution in [0.3, 0.4) is 0 Å². The second-order valence-corrected chi connectivity index (χ2v) is 7.30. The van der Waals surface area contributed by atoms with E-state index >= 15 is 0 Å². The fraction of sp³-hybridized carbons (Fsp3) is 0.320. The first-order chi connectivity index (χ1) is 15.1. The van der Waals surface area contributed by atoms with Crippen LogP contribution in [0.5, 0.6) is 5.75 Å². The van der Waals surface area contributed by atoms with Crippen LogP contribution >= 0.6 is 0 Å². The summed E-state index contributed by atoms with van der Waals surface area (Å²) in [5, 5.41) is 13.6. The molecule has 31 heavy (non-hydrogen) atoms. The van der Waals surface area contributed by atoms with Crippen LogP contribution in [0.4, 0.5) is 5.69 Å². The first-order valence-electron chi connectivity index (χ1n) is 10.7. The predicted octanol–water partition coefficient (Wildman–Crippen LogP) is 5.21. The standard InChI is InChI=1S/C25H28N2O4/c1-3-5-6-9-16-26-22-21(23(28)19-10-7-8-11-20(19)24(22)29)25(30)27-17-12-14-18(15-13-17)31-4-2/h7-8,10-15,28H,3-6,9,16H2,1-2H3,(H,27,30). The molecule has 0 fully saturated rings. The van der Waals surface area contributed by atoms with Crippen molar-refractivity contribution in [2.45, 2.75) is 39.5 Å². The topological polar surface area (TPSA) is 88.0 Å². The normalized spacial score (nSPS) is 14.5. The maximum Gasteiger partial charge on any atom is 0.261 e. The molecule has 0 atom stereocenters. The minimum absolute atomic E-state index is 0.0103. The Bertz CT molecular complexity index is 1010. The van der Waals surface area contributed by atoms with E-state index < -0.39 is 5.91 Å². The predicted molar refractivity (Wildman–Crippen MR) is 123 cm³/mol. The van der Waals surface area contributed by atoms with Gasteiger partial charge in [-0.1, -0.05) is 50.5 Å². The second-order valence-electron chi connectivity index (χ2n) is 7.30. The van der Waals surface area contributed by atoms with Gasteiger partial charge in [0.25, 0.3) is 5.91 Å². The fourth-order valence-electron chi connectivity index (χ4n) is 3.47. The molecule has 162 valence electrons. The highest BCUT2D eigenvalue weighted by Crippen LogP contribution is 2.29. The number of unbranched alkanes of at least 4 members (excludes halogenated alkanes) is 3. The Balaban J connectivity index is 1.91. The van der Waals surface area contributed by atoms with E-state index in [1.165, 1.54) is 0 Å². The van der Waals surface area contributed by atoms with E-state index in [9.17, 15) is 14.7 Å². The average Bonchev–Trinajstić information content (AvgIpc) is 2.78. The van der Waals surface area contributed by atoms with Crippen molar-refractivity contribution in [1.82, 2.24) is 0 Å². The van der Waals surface area contributed by atoms with Crippen molar-refractivity contribution in [1.29, 1.82) is 0 Å². The lowest BCUT2D eigenvalue weighted by atomic mass is 9.87.